The van der Waals surface area contributed by atoms with Gasteiger partial charge in [-0.2, -0.15) is 0 Å². The lowest BCUT2D eigenvalue weighted by Crippen LogP contribution is -2.47. The van der Waals surface area contributed by atoms with E-state index in [1.807, 2.05) is 6.92 Å². The van der Waals surface area contributed by atoms with Crippen molar-refractivity contribution in [2.45, 2.75) is 19.9 Å². The number of esters is 2. The van der Waals surface area contributed by atoms with E-state index >= 15 is 0 Å². The maximum Gasteiger partial charge on any atom is 0.338 e. The van der Waals surface area contributed by atoms with Crippen molar-refractivity contribution < 1.29 is 33.0 Å². The van der Waals surface area contributed by atoms with Crippen molar-refractivity contribution in [2.24, 2.45) is 0 Å². The van der Waals surface area contributed by atoms with Gasteiger partial charge >= 0.3 is 18.0 Å². The lowest BCUT2D eigenvalue weighted by Gasteiger charge is -2.27. The molecule has 158 valence electrons. The van der Waals surface area contributed by atoms with Gasteiger partial charge in [0.05, 0.1) is 36.8 Å². The van der Waals surface area contributed by atoms with Crippen molar-refractivity contribution in [2.75, 3.05) is 20.3 Å². The number of carbonyl (C=O) groups excluding carboxylic acids is 3. The molecule has 1 aliphatic rings. The van der Waals surface area contributed by atoms with Gasteiger partial charge in [-0.05, 0) is 43.7 Å². The number of furan rings is 1. The Morgan fingerprint density at radius 3 is 2.63 bits per heavy atom. The molecule has 30 heavy (non-hydrogen) atoms. The quantitative estimate of drug-likeness (QED) is 0.669. The summed E-state index contributed by atoms with van der Waals surface area (Å²) in [6, 6.07) is 6.72. The van der Waals surface area contributed by atoms with Crippen LogP contribution in [0.5, 0.6) is 5.75 Å². The van der Waals surface area contributed by atoms with Crippen molar-refractivity contribution in [1.29, 1.82) is 0 Å². The molecule has 0 radical (unpaired) electrons. The van der Waals surface area contributed by atoms with Crippen LogP contribution in [0.4, 0.5) is 4.79 Å². The number of hydrogen-bond acceptors (Lipinski definition) is 7. The van der Waals surface area contributed by atoms with E-state index in [9.17, 15) is 14.4 Å². The summed E-state index contributed by atoms with van der Waals surface area (Å²) in [4.78, 5) is 37.2. The Kier molecular flexibility index (Phi) is 6.41. The lowest BCUT2D eigenvalue weighted by molar-refractivity contribution is -0.139. The number of benzene rings is 1. The van der Waals surface area contributed by atoms with Gasteiger partial charge < -0.3 is 29.3 Å². The highest BCUT2D eigenvalue weighted by atomic mass is 16.5. The molecule has 0 fully saturated rings. The number of rotatable bonds is 7. The Morgan fingerprint density at radius 2 is 1.97 bits per heavy atom. The Bertz CT molecular complexity index is 979. The molecule has 2 amide bonds. The highest BCUT2D eigenvalue weighted by Crippen LogP contribution is 2.28. The molecule has 1 atom stereocenters. The van der Waals surface area contributed by atoms with Gasteiger partial charge in [-0.1, -0.05) is 6.07 Å². The minimum atomic E-state index is -0.874. The predicted molar refractivity (Wildman–Crippen MR) is 105 cm³/mol. The molecule has 2 aromatic rings. The van der Waals surface area contributed by atoms with Crippen LogP contribution in [0.15, 0.2) is 52.3 Å². The number of hydrogen-bond donors (Lipinski definition) is 2. The highest BCUT2D eigenvalue weighted by Gasteiger charge is 2.35. The number of urea groups is 1. The summed E-state index contributed by atoms with van der Waals surface area (Å²) >= 11 is 0. The first-order valence-corrected chi connectivity index (χ1v) is 9.27. The predicted octanol–water partition coefficient (Wildman–Crippen LogP) is 2.62. The lowest BCUT2D eigenvalue weighted by atomic mass is 10.0. The van der Waals surface area contributed by atoms with Crippen molar-refractivity contribution in [3.63, 3.8) is 0 Å². The first-order chi connectivity index (χ1) is 14.4. The minimum absolute atomic E-state index is 0.0979. The third-order valence-electron chi connectivity index (χ3n) is 4.47. The van der Waals surface area contributed by atoms with E-state index in [2.05, 4.69) is 10.6 Å². The number of carbonyl (C=O) groups is 3. The van der Waals surface area contributed by atoms with Gasteiger partial charge in [0.25, 0.3) is 0 Å². The van der Waals surface area contributed by atoms with Crippen LogP contribution in [-0.2, 0) is 14.3 Å². The molecule has 2 heterocycles. The average molecular weight is 414 g/mol. The second-order valence-electron chi connectivity index (χ2n) is 6.42. The first-order valence-electron chi connectivity index (χ1n) is 9.27. The number of aryl methyl sites for hydroxylation is 1. The zero-order valence-corrected chi connectivity index (χ0v) is 16.8. The van der Waals surface area contributed by atoms with E-state index in [1.54, 1.807) is 37.3 Å². The molecule has 9 nitrogen and oxygen atoms in total. The third kappa shape index (κ3) is 4.45. The zero-order valence-electron chi connectivity index (χ0n) is 16.8. The molecule has 0 saturated heterocycles. The Morgan fingerprint density at radius 1 is 1.17 bits per heavy atom. The largest absolute Gasteiger partial charge is 0.496 e. The molecule has 0 bridgehead atoms. The van der Waals surface area contributed by atoms with Gasteiger partial charge in [0, 0.05) is 0 Å². The van der Waals surface area contributed by atoms with Gasteiger partial charge in [0.1, 0.15) is 24.2 Å². The Labute approximate surface area is 173 Å². The smallest absolute Gasteiger partial charge is 0.338 e. The number of amides is 2. The number of ether oxygens (including phenoxy) is 3. The van der Waals surface area contributed by atoms with E-state index in [1.165, 1.54) is 13.4 Å². The van der Waals surface area contributed by atoms with Crippen LogP contribution in [0, 0.1) is 6.92 Å². The fourth-order valence-corrected chi connectivity index (χ4v) is 3.02. The summed E-state index contributed by atoms with van der Waals surface area (Å²) in [5.74, 6) is -0.398. The van der Waals surface area contributed by atoms with Crippen LogP contribution in [0.1, 0.15) is 34.6 Å². The molecule has 0 aliphatic carbocycles. The molecular formula is C21H22N2O7. The van der Waals surface area contributed by atoms with Gasteiger partial charge in [0.15, 0.2) is 0 Å². The first kappa shape index (κ1) is 21.0. The molecule has 0 saturated carbocycles. The van der Waals surface area contributed by atoms with E-state index in [0.717, 1.165) is 5.56 Å². The number of nitrogens with one attached hydrogen (secondary N) is 2. The fraction of sp³-hybridized carbons (Fsp3) is 0.286. The number of methoxy groups -OCH3 is 1. The van der Waals surface area contributed by atoms with E-state index < -0.39 is 24.0 Å². The van der Waals surface area contributed by atoms with E-state index in [-0.39, 0.29) is 30.0 Å². The second kappa shape index (κ2) is 9.17. The molecule has 0 spiro atoms. The van der Waals surface area contributed by atoms with Gasteiger partial charge in [-0.25, -0.2) is 14.4 Å². The molecule has 1 aliphatic heterocycles. The summed E-state index contributed by atoms with van der Waals surface area (Å²) in [5.41, 5.74) is 1.36. The zero-order chi connectivity index (χ0) is 21.7. The van der Waals surface area contributed by atoms with Crippen LogP contribution in [0.3, 0.4) is 0 Å². The normalized spacial score (nSPS) is 15.8. The molecule has 1 aromatic heterocycles. The Hall–Kier alpha value is -3.75. The summed E-state index contributed by atoms with van der Waals surface area (Å²) in [6.45, 7) is 3.31. The second-order valence-corrected chi connectivity index (χ2v) is 6.42. The van der Waals surface area contributed by atoms with Gasteiger partial charge in [0.2, 0.25) is 0 Å². The SMILES string of the molecule is CCOC(=O)C1=C(COC(=O)c2ccc(C)c(OC)c2)NC(=O)NC1c1ccco1. The summed E-state index contributed by atoms with van der Waals surface area (Å²) in [7, 11) is 1.51. The molecule has 3 rings (SSSR count). The summed E-state index contributed by atoms with van der Waals surface area (Å²) < 4.78 is 21.0. The van der Waals surface area contributed by atoms with E-state index in [4.69, 9.17) is 18.6 Å². The topological polar surface area (TPSA) is 116 Å². The van der Waals surface area contributed by atoms with Crippen LogP contribution in [0.2, 0.25) is 0 Å². The summed E-state index contributed by atoms with van der Waals surface area (Å²) in [6.07, 6.45) is 1.43. The third-order valence-corrected chi connectivity index (χ3v) is 4.47. The van der Waals surface area contributed by atoms with Crippen LogP contribution in [0.25, 0.3) is 0 Å². The van der Waals surface area contributed by atoms with Crippen LogP contribution < -0.4 is 15.4 Å². The molecule has 1 unspecified atom stereocenters. The van der Waals surface area contributed by atoms with Crippen LogP contribution >= 0.6 is 0 Å². The van der Waals surface area contributed by atoms with Crippen molar-refractivity contribution >= 4 is 18.0 Å². The summed E-state index contributed by atoms with van der Waals surface area (Å²) in [5, 5.41) is 5.14. The van der Waals surface area contributed by atoms with E-state index in [0.29, 0.717) is 11.5 Å². The minimum Gasteiger partial charge on any atom is -0.496 e. The van der Waals surface area contributed by atoms with Gasteiger partial charge in [-0.15, -0.1) is 0 Å². The molecule has 2 N–H and O–H groups in total. The molecular weight excluding hydrogens is 392 g/mol. The van der Waals surface area contributed by atoms with Crippen molar-refractivity contribution in [1.82, 2.24) is 10.6 Å². The van der Waals surface area contributed by atoms with Gasteiger partial charge in [-0.3, -0.25) is 0 Å². The Balaban J connectivity index is 1.87. The average Bonchev–Trinajstić information content (AvgIpc) is 3.26. The highest BCUT2D eigenvalue weighted by molar-refractivity contribution is 5.95. The molecule has 9 heteroatoms. The standard InChI is InChI=1S/C21H22N2O7/c1-4-28-20(25)17-14(22-21(26)23-18(17)15-6-5-9-29-15)11-30-19(24)13-8-7-12(2)16(10-13)27-3/h5-10,18H,4,11H2,1-3H3,(H2,22,23,26). The molecule has 1 aromatic carbocycles. The van der Waals surface area contributed by atoms with Crippen molar-refractivity contribution in [3.8, 4) is 5.75 Å². The maximum absolute atomic E-state index is 12.6. The monoisotopic (exact) mass is 414 g/mol. The maximum atomic E-state index is 12.6. The van der Waals surface area contributed by atoms with Crippen molar-refractivity contribution in [3.05, 3.63) is 64.8 Å². The van der Waals surface area contributed by atoms with Crippen LogP contribution in [-0.4, -0.2) is 38.3 Å². The fourth-order valence-electron chi connectivity index (χ4n) is 3.02.